The Balaban J connectivity index is 0.00000312. The van der Waals surface area contributed by atoms with Gasteiger partial charge in [0.2, 0.25) is 5.91 Å². The van der Waals surface area contributed by atoms with Crippen LogP contribution in [0.25, 0.3) is 0 Å². The monoisotopic (exact) mass is 480 g/mol. The Morgan fingerprint density at radius 3 is 2.68 bits per heavy atom. The van der Waals surface area contributed by atoms with Gasteiger partial charge < -0.3 is 15.5 Å². The average Bonchev–Trinajstić information content (AvgIpc) is 2.58. The quantitative estimate of drug-likeness (QED) is 0.395. The molecule has 0 aliphatic carbocycles. The molecule has 0 saturated carbocycles. The summed E-state index contributed by atoms with van der Waals surface area (Å²) in [7, 11) is 1.73. The maximum Gasteiger partial charge on any atom is 0.243 e. The molecule has 140 valence electrons. The van der Waals surface area contributed by atoms with E-state index >= 15 is 0 Å². The van der Waals surface area contributed by atoms with Gasteiger partial charge in [-0.25, -0.2) is 4.39 Å². The molecule has 1 heterocycles. The number of thioether (sulfide) groups is 1. The van der Waals surface area contributed by atoms with Crippen LogP contribution in [0.5, 0.6) is 0 Å². The van der Waals surface area contributed by atoms with Gasteiger partial charge >= 0.3 is 0 Å². The maximum absolute atomic E-state index is 12.9. The van der Waals surface area contributed by atoms with Crippen LogP contribution in [0.15, 0.2) is 29.3 Å². The summed E-state index contributed by atoms with van der Waals surface area (Å²) in [5.74, 6) is 1.90. The Morgan fingerprint density at radius 2 is 2.08 bits per heavy atom. The van der Waals surface area contributed by atoms with Crippen LogP contribution >= 0.6 is 35.7 Å². The van der Waals surface area contributed by atoms with Crippen LogP contribution in [0.4, 0.5) is 10.1 Å². The van der Waals surface area contributed by atoms with Crippen LogP contribution in [0.2, 0.25) is 0 Å². The summed E-state index contributed by atoms with van der Waals surface area (Å²) in [5, 5.41) is 6.42. The molecule has 2 rings (SSSR count). The van der Waals surface area contributed by atoms with Gasteiger partial charge in [-0.1, -0.05) is 13.8 Å². The van der Waals surface area contributed by atoms with Gasteiger partial charge in [0.05, 0.1) is 6.54 Å². The lowest BCUT2D eigenvalue weighted by atomic mass is 10.1. The van der Waals surface area contributed by atoms with Gasteiger partial charge in [0.1, 0.15) is 5.82 Å². The number of hydrogen-bond acceptors (Lipinski definition) is 3. The first-order valence-electron chi connectivity index (χ1n) is 8.12. The number of hydrogen-bond donors (Lipinski definition) is 2. The SMILES string of the molecule is CN=C(NCC(=O)Nc1ccc(F)cc1)N1CCSC(C(C)C)C1.I. The summed E-state index contributed by atoms with van der Waals surface area (Å²) in [6, 6.07) is 5.72. The first kappa shape index (κ1) is 22.0. The van der Waals surface area contributed by atoms with Crippen LogP contribution in [0.3, 0.4) is 0 Å². The third-order valence-corrected chi connectivity index (χ3v) is 5.42. The minimum absolute atomic E-state index is 0. The molecule has 0 aromatic heterocycles. The van der Waals surface area contributed by atoms with E-state index in [0.29, 0.717) is 16.9 Å². The van der Waals surface area contributed by atoms with Crippen molar-refractivity contribution < 1.29 is 9.18 Å². The van der Waals surface area contributed by atoms with E-state index < -0.39 is 0 Å². The highest BCUT2D eigenvalue weighted by atomic mass is 127. The number of benzene rings is 1. The second-order valence-corrected chi connectivity index (χ2v) is 7.40. The van der Waals surface area contributed by atoms with Gasteiger partial charge in [0.15, 0.2) is 5.96 Å². The number of aliphatic imine (C=N–C) groups is 1. The molecular formula is C17H26FIN4OS. The first-order valence-corrected chi connectivity index (χ1v) is 9.17. The average molecular weight is 480 g/mol. The molecular weight excluding hydrogens is 454 g/mol. The van der Waals surface area contributed by atoms with E-state index in [2.05, 4.69) is 34.4 Å². The minimum atomic E-state index is -0.325. The standard InChI is InChI=1S/C17H25FN4OS.HI/c1-12(2)15-11-22(8-9-24-15)17(19-3)20-10-16(23)21-14-6-4-13(18)5-7-14;/h4-7,12,15H,8-11H2,1-3H3,(H,19,20)(H,21,23);1H. The van der Waals surface area contributed by atoms with Gasteiger partial charge in [-0.2, -0.15) is 11.8 Å². The molecule has 1 unspecified atom stereocenters. The summed E-state index contributed by atoms with van der Waals surface area (Å²) in [6.45, 7) is 6.44. The summed E-state index contributed by atoms with van der Waals surface area (Å²) < 4.78 is 12.9. The molecule has 1 aromatic carbocycles. The van der Waals surface area contributed by atoms with E-state index in [1.165, 1.54) is 24.3 Å². The molecule has 8 heteroatoms. The predicted molar refractivity (Wildman–Crippen MR) is 114 cm³/mol. The molecule has 1 aromatic rings. The van der Waals surface area contributed by atoms with Crippen molar-refractivity contribution in [2.45, 2.75) is 19.1 Å². The van der Waals surface area contributed by atoms with Gasteiger partial charge in [-0.3, -0.25) is 9.79 Å². The van der Waals surface area contributed by atoms with Crippen LogP contribution in [-0.2, 0) is 4.79 Å². The van der Waals surface area contributed by atoms with Gasteiger partial charge in [0.25, 0.3) is 0 Å². The van der Waals surface area contributed by atoms with Crippen LogP contribution in [0.1, 0.15) is 13.8 Å². The van der Waals surface area contributed by atoms with Crippen molar-refractivity contribution in [3.8, 4) is 0 Å². The highest BCUT2D eigenvalue weighted by Crippen LogP contribution is 2.24. The Bertz CT molecular complexity index is 583. The van der Waals surface area contributed by atoms with E-state index in [1.807, 2.05) is 11.8 Å². The second-order valence-electron chi connectivity index (χ2n) is 6.06. The van der Waals surface area contributed by atoms with E-state index in [1.54, 1.807) is 7.05 Å². The highest BCUT2D eigenvalue weighted by Gasteiger charge is 2.25. The third-order valence-electron chi connectivity index (χ3n) is 3.88. The normalized spacial score (nSPS) is 17.9. The van der Waals surface area contributed by atoms with Gasteiger partial charge in [-0.15, -0.1) is 24.0 Å². The van der Waals surface area contributed by atoms with Crippen molar-refractivity contribution in [3.05, 3.63) is 30.1 Å². The summed E-state index contributed by atoms with van der Waals surface area (Å²) >= 11 is 2.00. The number of halogens is 2. The predicted octanol–water partition coefficient (Wildman–Crippen LogP) is 3.03. The lowest BCUT2D eigenvalue weighted by molar-refractivity contribution is -0.115. The molecule has 1 aliphatic rings. The lowest BCUT2D eigenvalue weighted by Gasteiger charge is -2.36. The van der Waals surface area contributed by atoms with Crippen molar-refractivity contribution in [1.29, 1.82) is 0 Å². The second kappa shape index (κ2) is 10.8. The number of amides is 1. The van der Waals surface area contributed by atoms with Crippen LogP contribution in [0, 0.1) is 11.7 Å². The molecule has 25 heavy (non-hydrogen) atoms. The van der Waals surface area contributed by atoms with Crippen molar-refractivity contribution in [3.63, 3.8) is 0 Å². The van der Waals surface area contributed by atoms with Crippen molar-refractivity contribution in [2.24, 2.45) is 10.9 Å². The number of rotatable bonds is 4. The van der Waals surface area contributed by atoms with E-state index in [0.717, 1.165) is 24.8 Å². The Labute approximate surface area is 170 Å². The molecule has 1 aliphatic heterocycles. The number of carbonyl (C=O) groups is 1. The zero-order valence-electron chi connectivity index (χ0n) is 14.8. The molecule has 0 bridgehead atoms. The molecule has 0 spiro atoms. The fourth-order valence-electron chi connectivity index (χ4n) is 2.50. The fourth-order valence-corrected chi connectivity index (χ4v) is 3.80. The molecule has 1 fully saturated rings. The first-order chi connectivity index (χ1) is 11.5. The number of anilines is 1. The zero-order valence-corrected chi connectivity index (χ0v) is 17.9. The van der Waals surface area contributed by atoms with E-state index in [9.17, 15) is 9.18 Å². The Kier molecular flexibility index (Phi) is 9.55. The van der Waals surface area contributed by atoms with E-state index in [4.69, 9.17) is 0 Å². The molecule has 1 atom stereocenters. The molecule has 5 nitrogen and oxygen atoms in total. The molecule has 0 radical (unpaired) electrons. The summed E-state index contributed by atoms with van der Waals surface area (Å²) in [4.78, 5) is 18.5. The third kappa shape index (κ3) is 7.01. The molecule has 1 saturated heterocycles. The maximum atomic E-state index is 12.9. The van der Waals surface area contributed by atoms with E-state index in [-0.39, 0.29) is 42.2 Å². The Hall–Kier alpha value is -1.03. The topological polar surface area (TPSA) is 56.7 Å². The molecule has 1 amide bonds. The lowest BCUT2D eigenvalue weighted by Crippen LogP contribution is -2.50. The van der Waals surface area contributed by atoms with Gasteiger partial charge in [-0.05, 0) is 30.2 Å². The zero-order chi connectivity index (χ0) is 17.5. The number of guanidine groups is 1. The highest BCUT2D eigenvalue weighted by molar-refractivity contribution is 14.0. The smallest absolute Gasteiger partial charge is 0.243 e. The van der Waals surface area contributed by atoms with Crippen LogP contribution in [-0.4, -0.2) is 54.5 Å². The van der Waals surface area contributed by atoms with Crippen molar-refractivity contribution in [1.82, 2.24) is 10.2 Å². The summed E-state index contributed by atoms with van der Waals surface area (Å²) in [5.41, 5.74) is 0.576. The summed E-state index contributed by atoms with van der Waals surface area (Å²) in [6.07, 6.45) is 0. The fraction of sp³-hybridized carbons (Fsp3) is 0.529. The number of nitrogens with one attached hydrogen (secondary N) is 2. The van der Waals surface area contributed by atoms with Crippen LogP contribution < -0.4 is 10.6 Å². The van der Waals surface area contributed by atoms with Crippen molar-refractivity contribution >= 4 is 53.3 Å². The number of nitrogens with zero attached hydrogens (tertiary/aromatic N) is 2. The number of carbonyl (C=O) groups excluding carboxylic acids is 1. The minimum Gasteiger partial charge on any atom is -0.347 e. The largest absolute Gasteiger partial charge is 0.347 e. The Morgan fingerprint density at radius 1 is 1.40 bits per heavy atom. The molecule has 2 N–H and O–H groups in total. The van der Waals surface area contributed by atoms with Gasteiger partial charge in [0, 0.05) is 36.8 Å². The van der Waals surface area contributed by atoms with Crippen molar-refractivity contribution in [2.75, 3.05) is 37.8 Å².